The molecule has 3 heteroatoms. The van der Waals surface area contributed by atoms with Crippen LogP contribution in [0.25, 0.3) is 43.8 Å². The van der Waals surface area contributed by atoms with E-state index in [1.54, 1.807) is 11.1 Å². The van der Waals surface area contributed by atoms with Crippen molar-refractivity contribution in [2.24, 2.45) is 0 Å². The van der Waals surface area contributed by atoms with Gasteiger partial charge in [0.25, 0.3) is 0 Å². The van der Waals surface area contributed by atoms with Crippen LogP contribution in [0.3, 0.4) is 0 Å². The van der Waals surface area contributed by atoms with Crippen molar-refractivity contribution in [2.75, 3.05) is 0 Å². The Morgan fingerprint density at radius 2 is 0.875 bits per heavy atom. The van der Waals surface area contributed by atoms with E-state index in [0.29, 0.717) is 0 Å². The van der Waals surface area contributed by atoms with Gasteiger partial charge in [-0.25, -0.2) is 0 Å². The quantitative estimate of drug-likeness (QED) is 0.123. The van der Waals surface area contributed by atoms with Crippen LogP contribution in [0, 0.1) is 27.7 Å². The SMILES string of the molecule is Cc1ccc(-c2cccc3[cH-]c(C4CCCC4)cc23)cc1.Cc1ccc(-c2cccc3[cH-]c(C4CCCC4)cc23)cc1.Cl.Cl.[CH2-]C[CH2-].[Hf+4]. The van der Waals surface area contributed by atoms with Crippen molar-refractivity contribution in [3.05, 3.63) is 145 Å². The van der Waals surface area contributed by atoms with E-state index in [9.17, 15) is 0 Å². The number of benzene rings is 4. The second-order valence-electron chi connectivity index (χ2n) is 13.2. The summed E-state index contributed by atoms with van der Waals surface area (Å²) in [6.07, 6.45) is 11.8. The van der Waals surface area contributed by atoms with Gasteiger partial charge < -0.3 is 20.3 Å². The second kappa shape index (κ2) is 19.1. The Morgan fingerprint density at radius 3 is 1.21 bits per heavy atom. The maximum absolute atomic E-state index is 3.38. The molecule has 0 unspecified atom stereocenters. The average Bonchev–Trinajstić information content (AvgIpc) is 3.88. The molecule has 2 aliphatic rings. The summed E-state index contributed by atoms with van der Waals surface area (Å²) in [7, 11) is 0. The largest absolute Gasteiger partial charge is 4.00 e. The molecule has 0 atom stereocenters. The van der Waals surface area contributed by atoms with Gasteiger partial charge in [-0.15, -0.1) is 93.9 Å². The van der Waals surface area contributed by atoms with Crippen LogP contribution in [0.1, 0.15) is 91.9 Å². The van der Waals surface area contributed by atoms with Crippen molar-refractivity contribution < 1.29 is 25.8 Å². The molecule has 0 nitrogen and oxygen atoms in total. The third kappa shape index (κ3) is 9.41. The Labute approximate surface area is 321 Å². The van der Waals surface area contributed by atoms with Crippen LogP contribution in [0.2, 0.25) is 0 Å². The minimum atomic E-state index is 0. The molecule has 48 heavy (non-hydrogen) atoms. The maximum atomic E-state index is 3.38. The van der Waals surface area contributed by atoms with Crippen LogP contribution in [0.5, 0.6) is 0 Å². The Kier molecular flexibility index (Phi) is 15.9. The van der Waals surface area contributed by atoms with Gasteiger partial charge in [0.05, 0.1) is 0 Å². The normalized spacial score (nSPS) is 14.2. The van der Waals surface area contributed by atoms with Gasteiger partial charge in [-0.05, 0) is 62.5 Å². The number of hydrogen-bond acceptors (Lipinski definition) is 0. The number of halogens is 2. The molecule has 0 heterocycles. The zero-order valence-electron chi connectivity index (χ0n) is 28.6. The second-order valence-corrected chi connectivity index (χ2v) is 13.2. The van der Waals surface area contributed by atoms with E-state index >= 15 is 0 Å². The Morgan fingerprint density at radius 1 is 0.542 bits per heavy atom. The maximum Gasteiger partial charge on any atom is 4.00 e. The summed E-state index contributed by atoms with van der Waals surface area (Å²) in [4.78, 5) is 0. The van der Waals surface area contributed by atoms with Crippen LogP contribution in [-0.2, 0) is 25.8 Å². The van der Waals surface area contributed by atoms with Crippen LogP contribution in [0.4, 0.5) is 0 Å². The van der Waals surface area contributed by atoms with E-state index in [1.807, 2.05) is 0 Å². The summed E-state index contributed by atoms with van der Waals surface area (Å²) in [5, 5.41) is 5.64. The first-order valence-corrected chi connectivity index (χ1v) is 17.2. The van der Waals surface area contributed by atoms with Crippen molar-refractivity contribution in [1.82, 2.24) is 0 Å². The number of fused-ring (bicyclic) bond motifs is 2. The Balaban J connectivity index is 0.000000228. The molecule has 0 amide bonds. The van der Waals surface area contributed by atoms with Crippen molar-refractivity contribution in [3.8, 4) is 22.3 Å². The van der Waals surface area contributed by atoms with Crippen LogP contribution >= 0.6 is 24.8 Å². The molecule has 2 saturated carbocycles. The zero-order chi connectivity index (χ0) is 31.2. The van der Waals surface area contributed by atoms with Gasteiger partial charge in [-0.2, -0.15) is 12.1 Å². The third-order valence-electron chi connectivity index (χ3n) is 9.92. The van der Waals surface area contributed by atoms with Crippen molar-refractivity contribution in [3.63, 3.8) is 0 Å². The first-order valence-electron chi connectivity index (χ1n) is 17.2. The average molecular weight is 840 g/mol. The number of rotatable bonds is 4. The van der Waals surface area contributed by atoms with E-state index in [-0.39, 0.29) is 50.7 Å². The molecule has 248 valence electrons. The summed E-state index contributed by atoms with van der Waals surface area (Å²) >= 11 is 0. The van der Waals surface area contributed by atoms with Gasteiger partial charge in [-0.3, -0.25) is 0 Å². The molecular weight excluding hydrogens is 790 g/mol. The Bertz CT molecular complexity index is 1680. The first kappa shape index (κ1) is 40.0. The standard InChI is InChI=1S/2C21H21.C3H6.2ClH.Hf/c2*1-15-9-11-17(12-10-15)20-8-4-7-18-13-19(14-21(18)20)16-5-2-3-6-16;1-3-2;;;/h2*4,7-14,16H,2-3,5-6H2,1H3;1-3H2;2*1H;/q2*-1;-2;;;+4. The molecule has 2 aliphatic carbocycles. The monoisotopic (exact) mass is 840 g/mol. The molecule has 8 rings (SSSR count). The van der Waals surface area contributed by atoms with E-state index in [0.717, 1.165) is 18.3 Å². The number of hydrogen-bond donors (Lipinski definition) is 0. The van der Waals surface area contributed by atoms with Crippen LogP contribution in [-0.4, -0.2) is 0 Å². The molecule has 6 aromatic rings. The molecule has 6 aromatic carbocycles. The molecular formula is C45H50Cl2Hf. The minimum Gasteiger partial charge on any atom is -0.372 e. The Hall–Kier alpha value is -2.45. The smallest absolute Gasteiger partial charge is 0.372 e. The van der Waals surface area contributed by atoms with Crippen molar-refractivity contribution in [2.45, 2.75) is 83.5 Å². The molecule has 0 radical (unpaired) electrons. The summed E-state index contributed by atoms with van der Waals surface area (Å²) in [5.74, 6) is 1.59. The summed E-state index contributed by atoms with van der Waals surface area (Å²) in [5.41, 5.74) is 11.2. The fourth-order valence-electron chi connectivity index (χ4n) is 7.48. The minimum absolute atomic E-state index is 0. The molecule has 0 N–H and O–H groups in total. The fraction of sp³-hybridized carbons (Fsp3) is 0.289. The van der Waals surface area contributed by atoms with Gasteiger partial charge in [0, 0.05) is 0 Å². The predicted molar refractivity (Wildman–Crippen MR) is 212 cm³/mol. The summed E-state index contributed by atoms with van der Waals surface area (Å²) in [6.45, 7) is 11.0. The van der Waals surface area contributed by atoms with E-state index in [1.165, 1.54) is 106 Å². The summed E-state index contributed by atoms with van der Waals surface area (Å²) < 4.78 is 0. The predicted octanol–water partition coefficient (Wildman–Crippen LogP) is 14.3. The van der Waals surface area contributed by atoms with Crippen LogP contribution < -0.4 is 0 Å². The van der Waals surface area contributed by atoms with Gasteiger partial charge in [0.2, 0.25) is 0 Å². The van der Waals surface area contributed by atoms with E-state index < -0.39 is 0 Å². The van der Waals surface area contributed by atoms with Crippen molar-refractivity contribution in [1.29, 1.82) is 0 Å². The first-order chi connectivity index (χ1) is 22.0. The molecule has 2 fully saturated rings. The molecule has 0 spiro atoms. The summed E-state index contributed by atoms with van der Waals surface area (Å²) in [6, 6.07) is 40.9. The van der Waals surface area contributed by atoms with Gasteiger partial charge in [0.1, 0.15) is 0 Å². The molecule has 0 aliphatic heterocycles. The van der Waals surface area contributed by atoms with Crippen LogP contribution in [0.15, 0.2) is 109 Å². The molecule has 0 bridgehead atoms. The van der Waals surface area contributed by atoms with Gasteiger partial charge in [-0.1, -0.05) is 109 Å². The zero-order valence-corrected chi connectivity index (χ0v) is 33.9. The van der Waals surface area contributed by atoms with Crippen molar-refractivity contribution >= 4 is 46.4 Å². The van der Waals surface area contributed by atoms with E-state index in [4.69, 9.17) is 0 Å². The third-order valence-corrected chi connectivity index (χ3v) is 9.92. The molecule has 0 aromatic heterocycles. The molecule has 0 saturated heterocycles. The van der Waals surface area contributed by atoms with Gasteiger partial charge in [0.15, 0.2) is 0 Å². The topological polar surface area (TPSA) is 0 Å². The fourth-order valence-corrected chi connectivity index (χ4v) is 7.48. The number of aryl methyl sites for hydroxylation is 2. The van der Waals surface area contributed by atoms with E-state index in [2.05, 4.69) is 137 Å². The van der Waals surface area contributed by atoms with Gasteiger partial charge >= 0.3 is 25.8 Å².